The van der Waals surface area contributed by atoms with Crippen molar-refractivity contribution in [3.63, 3.8) is 0 Å². The first-order chi connectivity index (χ1) is 11.1. The molecular weight excluding hydrogens is 312 g/mol. The van der Waals surface area contributed by atoms with E-state index in [-0.39, 0.29) is 12.0 Å². The Morgan fingerprint density at radius 2 is 2.22 bits per heavy atom. The zero-order valence-corrected chi connectivity index (χ0v) is 14.1. The number of piperidine rings is 1. The molecule has 7 heteroatoms. The van der Waals surface area contributed by atoms with Crippen LogP contribution in [0.4, 0.5) is 5.82 Å². The van der Waals surface area contributed by atoms with Crippen molar-refractivity contribution < 1.29 is 9.53 Å². The van der Waals surface area contributed by atoms with Gasteiger partial charge >= 0.3 is 0 Å². The third-order valence-electron chi connectivity index (χ3n) is 3.81. The quantitative estimate of drug-likeness (QED) is 0.860. The molecule has 3 heterocycles. The minimum atomic E-state index is -0.0363. The van der Waals surface area contributed by atoms with Crippen LogP contribution in [0.3, 0.4) is 0 Å². The summed E-state index contributed by atoms with van der Waals surface area (Å²) in [5.74, 6) is 1.37. The molecule has 0 N–H and O–H groups in total. The van der Waals surface area contributed by atoms with Gasteiger partial charge < -0.3 is 14.5 Å². The fourth-order valence-corrected chi connectivity index (χ4v) is 3.20. The molecule has 0 saturated carbocycles. The Kier molecular flexibility index (Phi) is 4.76. The first-order valence-corrected chi connectivity index (χ1v) is 8.57. The van der Waals surface area contributed by atoms with Crippen molar-refractivity contribution >= 4 is 23.1 Å². The van der Waals surface area contributed by atoms with E-state index in [9.17, 15) is 4.79 Å². The number of rotatable bonds is 4. The SMILES string of the molecule is CN(C)c1ccc(OC2CCCN(C(=O)c3ccsc3)C2)nn1. The molecule has 0 spiro atoms. The van der Waals surface area contributed by atoms with E-state index in [0.717, 1.165) is 30.8 Å². The third kappa shape index (κ3) is 3.79. The number of carbonyl (C=O) groups excluding carboxylic acids is 1. The zero-order chi connectivity index (χ0) is 16.2. The number of hydrogen-bond acceptors (Lipinski definition) is 6. The smallest absolute Gasteiger partial charge is 0.254 e. The van der Waals surface area contributed by atoms with Crippen LogP contribution in [0.15, 0.2) is 29.0 Å². The Morgan fingerprint density at radius 1 is 1.35 bits per heavy atom. The van der Waals surface area contributed by atoms with Gasteiger partial charge in [0, 0.05) is 32.1 Å². The van der Waals surface area contributed by atoms with Gasteiger partial charge in [0.25, 0.3) is 5.91 Å². The van der Waals surface area contributed by atoms with Crippen LogP contribution in [0.2, 0.25) is 0 Å². The van der Waals surface area contributed by atoms with Gasteiger partial charge in [0.2, 0.25) is 5.88 Å². The van der Waals surface area contributed by atoms with E-state index in [1.165, 1.54) is 11.3 Å². The number of hydrogen-bond donors (Lipinski definition) is 0. The number of ether oxygens (including phenoxy) is 1. The topological polar surface area (TPSA) is 58.6 Å². The van der Waals surface area contributed by atoms with Gasteiger partial charge in [-0.1, -0.05) is 0 Å². The van der Waals surface area contributed by atoms with Crippen LogP contribution in [0.1, 0.15) is 23.2 Å². The fourth-order valence-electron chi connectivity index (χ4n) is 2.57. The van der Waals surface area contributed by atoms with Crippen LogP contribution in [-0.4, -0.2) is 54.3 Å². The largest absolute Gasteiger partial charge is 0.471 e. The fraction of sp³-hybridized carbons (Fsp3) is 0.438. The van der Waals surface area contributed by atoms with Crippen LogP contribution in [0.5, 0.6) is 5.88 Å². The van der Waals surface area contributed by atoms with Crippen LogP contribution in [0, 0.1) is 0 Å². The average molecular weight is 332 g/mol. The molecule has 0 radical (unpaired) electrons. The summed E-state index contributed by atoms with van der Waals surface area (Å²) < 4.78 is 5.90. The van der Waals surface area contributed by atoms with Crippen molar-refractivity contribution in [2.24, 2.45) is 0 Å². The number of thiophene rings is 1. The molecule has 122 valence electrons. The maximum absolute atomic E-state index is 12.4. The highest BCUT2D eigenvalue weighted by molar-refractivity contribution is 7.08. The lowest BCUT2D eigenvalue weighted by Gasteiger charge is -2.32. The molecule has 2 aromatic rings. The van der Waals surface area contributed by atoms with E-state index in [2.05, 4.69) is 10.2 Å². The molecular formula is C16H20N4O2S. The van der Waals surface area contributed by atoms with Crippen molar-refractivity contribution in [1.82, 2.24) is 15.1 Å². The molecule has 1 atom stereocenters. The molecule has 1 unspecified atom stereocenters. The molecule has 1 saturated heterocycles. The van der Waals surface area contributed by atoms with Crippen molar-refractivity contribution in [1.29, 1.82) is 0 Å². The van der Waals surface area contributed by atoms with E-state index in [1.807, 2.05) is 52.9 Å². The molecule has 3 rings (SSSR count). The van der Waals surface area contributed by atoms with E-state index in [1.54, 1.807) is 0 Å². The number of anilines is 1. The van der Waals surface area contributed by atoms with Gasteiger partial charge in [-0.15, -0.1) is 10.2 Å². The van der Waals surface area contributed by atoms with E-state index >= 15 is 0 Å². The van der Waals surface area contributed by atoms with Crippen LogP contribution >= 0.6 is 11.3 Å². The monoisotopic (exact) mass is 332 g/mol. The van der Waals surface area contributed by atoms with E-state index in [0.29, 0.717) is 12.4 Å². The van der Waals surface area contributed by atoms with Gasteiger partial charge in [0.1, 0.15) is 6.10 Å². The molecule has 6 nitrogen and oxygen atoms in total. The summed E-state index contributed by atoms with van der Waals surface area (Å²) in [5, 5.41) is 12.0. The summed E-state index contributed by atoms with van der Waals surface area (Å²) in [6.07, 6.45) is 1.82. The Morgan fingerprint density at radius 3 is 2.87 bits per heavy atom. The van der Waals surface area contributed by atoms with Gasteiger partial charge in [0.15, 0.2) is 5.82 Å². The lowest BCUT2D eigenvalue weighted by molar-refractivity contribution is 0.0526. The molecule has 2 aromatic heterocycles. The molecule has 1 fully saturated rings. The molecule has 23 heavy (non-hydrogen) atoms. The lowest BCUT2D eigenvalue weighted by atomic mass is 10.1. The second-order valence-electron chi connectivity index (χ2n) is 5.77. The summed E-state index contributed by atoms with van der Waals surface area (Å²) >= 11 is 1.54. The number of nitrogens with zero attached hydrogens (tertiary/aromatic N) is 4. The summed E-state index contributed by atoms with van der Waals surface area (Å²) in [6, 6.07) is 5.56. The average Bonchev–Trinajstić information content (AvgIpc) is 3.09. The standard InChI is InChI=1S/C16H20N4O2S/c1-19(2)14-5-6-15(18-17-14)22-13-4-3-8-20(10-13)16(21)12-7-9-23-11-12/h5-7,9,11,13H,3-4,8,10H2,1-2H3. The molecule has 1 aliphatic rings. The van der Waals surface area contributed by atoms with Crippen molar-refractivity contribution in [2.75, 3.05) is 32.1 Å². The predicted octanol–water partition coefficient (Wildman–Crippen LogP) is 2.29. The summed E-state index contributed by atoms with van der Waals surface area (Å²) in [5.41, 5.74) is 0.755. The second-order valence-corrected chi connectivity index (χ2v) is 6.55. The highest BCUT2D eigenvalue weighted by Gasteiger charge is 2.26. The van der Waals surface area contributed by atoms with Gasteiger partial charge in [-0.2, -0.15) is 11.3 Å². The van der Waals surface area contributed by atoms with Gasteiger partial charge in [-0.25, -0.2) is 0 Å². The Hall–Kier alpha value is -2.15. The van der Waals surface area contributed by atoms with E-state index < -0.39 is 0 Å². The lowest BCUT2D eigenvalue weighted by Crippen LogP contribution is -2.44. The molecule has 1 aliphatic heterocycles. The number of aromatic nitrogens is 2. The molecule has 1 amide bonds. The van der Waals surface area contributed by atoms with Gasteiger partial charge in [-0.05, 0) is 30.4 Å². The molecule has 0 aliphatic carbocycles. The molecule has 0 bridgehead atoms. The molecule has 0 aromatic carbocycles. The zero-order valence-electron chi connectivity index (χ0n) is 13.3. The van der Waals surface area contributed by atoms with E-state index in [4.69, 9.17) is 4.74 Å². The number of carbonyl (C=O) groups is 1. The van der Waals surface area contributed by atoms with Crippen LogP contribution in [0.25, 0.3) is 0 Å². The first kappa shape index (κ1) is 15.7. The van der Waals surface area contributed by atoms with Crippen LogP contribution < -0.4 is 9.64 Å². The van der Waals surface area contributed by atoms with Crippen molar-refractivity contribution in [3.8, 4) is 5.88 Å². The first-order valence-electron chi connectivity index (χ1n) is 7.62. The third-order valence-corrected chi connectivity index (χ3v) is 4.49. The Bertz CT molecular complexity index is 643. The highest BCUT2D eigenvalue weighted by Crippen LogP contribution is 2.20. The maximum Gasteiger partial charge on any atom is 0.254 e. The van der Waals surface area contributed by atoms with Crippen molar-refractivity contribution in [3.05, 3.63) is 34.5 Å². The normalized spacial score (nSPS) is 17.8. The number of amides is 1. The number of likely N-dealkylation sites (tertiary alicyclic amines) is 1. The Balaban J connectivity index is 1.61. The minimum absolute atomic E-state index is 0.0363. The maximum atomic E-state index is 12.4. The summed E-state index contributed by atoms with van der Waals surface area (Å²) in [4.78, 5) is 16.2. The second kappa shape index (κ2) is 6.95. The predicted molar refractivity (Wildman–Crippen MR) is 90.2 cm³/mol. The highest BCUT2D eigenvalue weighted by atomic mass is 32.1. The Labute approximate surface area is 139 Å². The minimum Gasteiger partial charge on any atom is -0.471 e. The van der Waals surface area contributed by atoms with Crippen LogP contribution in [-0.2, 0) is 0 Å². The van der Waals surface area contributed by atoms with Gasteiger partial charge in [0.05, 0.1) is 12.1 Å². The summed E-state index contributed by atoms with van der Waals surface area (Å²) in [7, 11) is 3.83. The van der Waals surface area contributed by atoms with Gasteiger partial charge in [-0.3, -0.25) is 4.79 Å². The summed E-state index contributed by atoms with van der Waals surface area (Å²) in [6.45, 7) is 1.37. The van der Waals surface area contributed by atoms with Crippen molar-refractivity contribution in [2.45, 2.75) is 18.9 Å².